The van der Waals surface area contributed by atoms with E-state index in [2.05, 4.69) is 46.7 Å². The molecule has 0 amide bonds. The summed E-state index contributed by atoms with van der Waals surface area (Å²) in [7, 11) is 0. The fourth-order valence-electron chi connectivity index (χ4n) is 2.16. The number of thiazole rings is 1. The fraction of sp³-hybridized carbons (Fsp3) is 0.158. The van der Waals surface area contributed by atoms with Crippen LogP contribution in [0.4, 0.5) is 5.13 Å². The summed E-state index contributed by atoms with van der Waals surface area (Å²) in [5, 5.41) is 7.04. The summed E-state index contributed by atoms with van der Waals surface area (Å²) >= 11 is 1.54. The number of ether oxygens (including phenoxy) is 1. The Hall–Kier alpha value is -2.66. The van der Waals surface area contributed by atoms with Crippen LogP contribution in [0, 0.1) is 6.92 Å². The molecule has 0 aliphatic carbocycles. The quantitative estimate of drug-likeness (QED) is 0.510. The van der Waals surface area contributed by atoms with Crippen LogP contribution in [0.1, 0.15) is 18.1 Å². The van der Waals surface area contributed by atoms with Crippen molar-refractivity contribution in [3.63, 3.8) is 0 Å². The smallest absolute Gasteiger partial charge is 0.203 e. The van der Waals surface area contributed by atoms with Crippen LogP contribution >= 0.6 is 11.3 Å². The largest absolute Gasteiger partial charge is 0.494 e. The molecule has 3 aromatic rings. The van der Waals surface area contributed by atoms with Gasteiger partial charge >= 0.3 is 0 Å². The summed E-state index contributed by atoms with van der Waals surface area (Å²) in [4.78, 5) is 4.55. The monoisotopic (exact) mass is 337 g/mol. The lowest BCUT2D eigenvalue weighted by Crippen LogP contribution is -1.92. The van der Waals surface area contributed by atoms with Gasteiger partial charge in [-0.05, 0) is 43.7 Å². The molecule has 4 nitrogen and oxygen atoms in total. The molecule has 0 saturated carbocycles. The third-order valence-electron chi connectivity index (χ3n) is 3.42. The molecule has 2 aromatic carbocycles. The highest BCUT2D eigenvalue weighted by atomic mass is 32.1. The molecule has 0 bridgehead atoms. The number of nitrogens with zero attached hydrogens (tertiary/aromatic N) is 2. The van der Waals surface area contributed by atoms with Crippen LogP contribution in [-0.4, -0.2) is 17.8 Å². The van der Waals surface area contributed by atoms with Gasteiger partial charge < -0.3 is 4.74 Å². The molecular weight excluding hydrogens is 318 g/mol. The van der Waals surface area contributed by atoms with Crippen molar-refractivity contribution >= 4 is 22.7 Å². The van der Waals surface area contributed by atoms with Gasteiger partial charge in [0, 0.05) is 10.9 Å². The van der Waals surface area contributed by atoms with Gasteiger partial charge in [0.1, 0.15) is 5.75 Å². The zero-order valence-electron chi connectivity index (χ0n) is 13.7. The molecule has 24 heavy (non-hydrogen) atoms. The summed E-state index contributed by atoms with van der Waals surface area (Å²) in [5.41, 5.74) is 7.29. The maximum Gasteiger partial charge on any atom is 0.203 e. The van der Waals surface area contributed by atoms with E-state index in [1.807, 2.05) is 36.6 Å². The van der Waals surface area contributed by atoms with Crippen molar-refractivity contribution < 1.29 is 4.74 Å². The molecule has 1 N–H and O–H groups in total. The molecule has 0 atom stereocenters. The normalized spacial score (nSPS) is 10.9. The topological polar surface area (TPSA) is 46.5 Å². The number of aromatic nitrogens is 1. The number of benzene rings is 2. The van der Waals surface area contributed by atoms with Crippen LogP contribution in [-0.2, 0) is 0 Å². The van der Waals surface area contributed by atoms with Crippen LogP contribution < -0.4 is 10.2 Å². The van der Waals surface area contributed by atoms with Gasteiger partial charge in [0.15, 0.2) is 0 Å². The number of aryl methyl sites for hydroxylation is 1. The van der Waals surface area contributed by atoms with E-state index < -0.39 is 0 Å². The minimum Gasteiger partial charge on any atom is -0.494 e. The number of hydrogen-bond donors (Lipinski definition) is 1. The Labute approximate surface area is 145 Å². The van der Waals surface area contributed by atoms with Crippen molar-refractivity contribution in [1.29, 1.82) is 0 Å². The number of anilines is 1. The van der Waals surface area contributed by atoms with Gasteiger partial charge in [-0.2, -0.15) is 5.10 Å². The lowest BCUT2D eigenvalue weighted by molar-refractivity contribution is 0.340. The molecule has 5 heteroatoms. The summed E-state index contributed by atoms with van der Waals surface area (Å²) in [6, 6.07) is 16.1. The summed E-state index contributed by atoms with van der Waals surface area (Å²) in [5.74, 6) is 0.866. The summed E-state index contributed by atoms with van der Waals surface area (Å²) in [6.45, 7) is 4.72. The molecular formula is C19H19N3OS. The minimum absolute atomic E-state index is 0.669. The predicted octanol–water partition coefficient (Wildman–Crippen LogP) is 4.96. The van der Waals surface area contributed by atoms with Gasteiger partial charge in [-0.1, -0.05) is 29.8 Å². The lowest BCUT2D eigenvalue weighted by Gasteiger charge is -2.02. The molecule has 0 spiro atoms. The summed E-state index contributed by atoms with van der Waals surface area (Å²) < 4.78 is 5.42. The highest BCUT2D eigenvalue weighted by molar-refractivity contribution is 7.14. The molecule has 0 saturated heterocycles. The highest BCUT2D eigenvalue weighted by Crippen LogP contribution is 2.25. The molecule has 0 fully saturated rings. The van der Waals surface area contributed by atoms with E-state index in [-0.39, 0.29) is 0 Å². The third kappa shape index (κ3) is 4.20. The molecule has 122 valence electrons. The van der Waals surface area contributed by atoms with E-state index in [1.54, 1.807) is 6.21 Å². The predicted molar refractivity (Wildman–Crippen MR) is 101 cm³/mol. The first-order chi connectivity index (χ1) is 11.7. The molecule has 0 aliphatic rings. The van der Waals surface area contributed by atoms with Crippen molar-refractivity contribution in [3.05, 3.63) is 65.0 Å². The van der Waals surface area contributed by atoms with Gasteiger partial charge in [0.25, 0.3) is 0 Å². The Morgan fingerprint density at radius 1 is 1.12 bits per heavy atom. The number of nitrogens with one attached hydrogen (secondary N) is 1. The number of rotatable bonds is 6. The van der Waals surface area contributed by atoms with Crippen LogP contribution in [0.2, 0.25) is 0 Å². The van der Waals surface area contributed by atoms with Crippen molar-refractivity contribution in [2.24, 2.45) is 5.10 Å². The Morgan fingerprint density at radius 2 is 1.88 bits per heavy atom. The average molecular weight is 337 g/mol. The Bertz CT molecular complexity index is 807. The first kappa shape index (κ1) is 16.2. The third-order valence-corrected chi connectivity index (χ3v) is 4.16. The molecule has 0 radical (unpaired) electrons. The van der Waals surface area contributed by atoms with Gasteiger partial charge in [-0.25, -0.2) is 4.98 Å². The average Bonchev–Trinajstić information content (AvgIpc) is 3.06. The molecule has 1 heterocycles. The Balaban J connectivity index is 1.61. The van der Waals surface area contributed by atoms with E-state index in [4.69, 9.17) is 4.74 Å². The molecule has 1 aromatic heterocycles. The maximum atomic E-state index is 5.42. The standard InChI is InChI=1S/C19H19N3OS/c1-3-23-17-10-6-15(7-11-17)12-20-22-19-21-18(13-24-19)16-8-4-14(2)5-9-16/h4-13H,3H2,1-2H3,(H,21,22). The molecule has 0 unspecified atom stereocenters. The highest BCUT2D eigenvalue weighted by Gasteiger charge is 2.03. The maximum absolute atomic E-state index is 5.42. The second-order valence-corrected chi connectivity index (χ2v) is 6.13. The van der Waals surface area contributed by atoms with Crippen LogP contribution in [0.15, 0.2) is 59.0 Å². The van der Waals surface area contributed by atoms with Crippen LogP contribution in [0.3, 0.4) is 0 Å². The molecule has 0 aliphatic heterocycles. The number of hydrazone groups is 1. The summed E-state index contributed by atoms with van der Waals surface area (Å²) in [6.07, 6.45) is 1.77. The first-order valence-corrected chi connectivity index (χ1v) is 8.67. The first-order valence-electron chi connectivity index (χ1n) is 7.79. The Kier molecular flexibility index (Phi) is 5.23. The lowest BCUT2D eigenvalue weighted by atomic mass is 10.1. The van der Waals surface area contributed by atoms with Gasteiger partial charge in [-0.15, -0.1) is 11.3 Å². The van der Waals surface area contributed by atoms with Crippen molar-refractivity contribution in [2.75, 3.05) is 12.0 Å². The molecule has 3 rings (SSSR count). The van der Waals surface area contributed by atoms with E-state index in [9.17, 15) is 0 Å². The fourth-order valence-corrected chi connectivity index (χ4v) is 2.83. The van der Waals surface area contributed by atoms with Crippen molar-refractivity contribution in [3.8, 4) is 17.0 Å². The second-order valence-electron chi connectivity index (χ2n) is 5.28. The second kappa shape index (κ2) is 7.75. The van der Waals surface area contributed by atoms with Crippen LogP contribution in [0.25, 0.3) is 11.3 Å². The van der Waals surface area contributed by atoms with E-state index >= 15 is 0 Å². The number of hydrogen-bond acceptors (Lipinski definition) is 5. The van der Waals surface area contributed by atoms with E-state index in [0.29, 0.717) is 6.61 Å². The van der Waals surface area contributed by atoms with E-state index in [1.165, 1.54) is 16.9 Å². The van der Waals surface area contributed by atoms with Crippen molar-refractivity contribution in [1.82, 2.24) is 4.98 Å². The van der Waals surface area contributed by atoms with Crippen molar-refractivity contribution in [2.45, 2.75) is 13.8 Å². The minimum atomic E-state index is 0.669. The van der Waals surface area contributed by atoms with E-state index in [0.717, 1.165) is 27.7 Å². The Morgan fingerprint density at radius 3 is 2.58 bits per heavy atom. The van der Waals surface area contributed by atoms with Gasteiger partial charge in [-0.3, -0.25) is 5.43 Å². The van der Waals surface area contributed by atoms with Gasteiger partial charge in [0.05, 0.1) is 18.5 Å². The SMILES string of the molecule is CCOc1ccc(C=NNc2nc(-c3ccc(C)cc3)cs2)cc1. The zero-order chi connectivity index (χ0) is 16.8. The van der Waals surface area contributed by atoms with Gasteiger partial charge in [0.2, 0.25) is 5.13 Å². The zero-order valence-corrected chi connectivity index (χ0v) is 14.5. The van der Waals surface area contributed by atoms with Crippen LogP contribution in [0.5, 0.6) is 5.75 Å².